The van der Waals surface area contributed by atoms with E-state index >= 15 is 0 Å². The molecule has 2 aromatic heterocycles. The highest BCUT2D eigenvalue weighted by Gasteiger charge is 2.25. The van der Waals surface area contributed by atoms with E-state index in [-0.39, 0.29) is 17.6 Å². The molecule has 0 saturated heterocycles. The number of carbonyl (C=O) groups is 1. The first-order valence-corrected chi connectivity index (χ1v) is 8.32. The van der Waals surface area contributed by atoms with Gasteiger partial charge in [-0.1, -0.05) is 25.8 Å². The molecule has 0 aromatic carbocycles. The van der Waals surface area contributed by atoms with Gasteiger partial charge in [-0.2, -0.15) is 0 Å². The predicted molar refractivity (Wildman–Crippen MR) is 95.5 cm³/mol. The molecule has 25 heavy (non-hydrogen) atoms. The molecular weight excluding hydrogens is 320 g/mol. The molecule has 0 spiro atoms. The molecule has 7 nitrogen and oxygen atoms in total. The lowest BCUT2D eigenvalue weighted by molar-refractivity contribution is 0.0708. The van der Waals surface area contributed by atoms with Crippen LogP contribution in [0, 0.1) is 0 Å². The van der Waals surface area contributed by atoms with Crippen LogP contribution in [0.3, 0.4) is 0 Å². The summed E-state index contributed by atoms with van der Waals surface area (Å²) in [5.74, 6) is -0.359. The molecule has 1 atom stereocenters. The van der Waals surface area contributed by atoms with Crippen LogP contribution in [0.1, 0.15) is 48.3 Å². The highest BCUT2D eigenvalue weighted by molar-refractivity contribution is 5.92. The molecule has 2 heterocycles. The summed E-state index contributed by atoms with van der Waals surface area (Å²) in [6.07, 6.45) is 6.17. The van der Waals surface area contributed by atoms with E-state index < -0.39 is 11.2 Å². The van der Waals surface area contributed by atoms with Gasteiger partial charge in [0.15, 0.2) is 0 Å². The smallest absolute Gasteiger partial charge is 0.331 e. The van der Waals surface area contributed by atoms with Crippen LogP contribution in [0.5, 0.6) is 0 Å². The number of amides is 1. The number of rotatable bonds is 6. The Morgan fingerprint density at radius 3 is 2.60 bits per heavy atom. The van der Waals surface area contributed by atoms with E-state index in [0.29, 0.717) is 0 Å². The number of pyridine rings is 1. The lowest BCUT2D eigenvalue weighted by atomic mass is 10.0. The Balaban J connectivity index is 2.42. The molecule has 0 N–H and O–H groups in total. The summed E-state index contributed by atoms with van der Waals surface area (Å²) < 4.78 is 2.19. The quantitative estimate of drug-likeness (QED) is 0.795. The normalized spacial score (nSPS) is 12.0. The molecule has 0 unspecified atom stereocenters. The Hall–Kier alpha value is -2.70. The molecule has 0 aliphatic carbocycles. The van der Waals surface area contributed by atoms with Crippen molar-refractivity contribution in [2.75, 3.05) is 7.05 Å². The number of unbranched alkanes of at least 4 members (excludes halogenated alkanes) is 1. The minimum atomic E-state index is -0.518. The van der Waals surface area contributed by atoms with Crippen LogP contribution >= 0.6 is 0 Å². The minimum Gasteiger partial charge on any atom is -0.333 e. The number of hydrogen-bond donors (Lipinski definition) is 0. The van der Waals surface area contributed by atoms with E-state index in [1.807, 2.05) is 12.1 Å². The minimum absolute atomic E-state index is 0.0842. The van der Waals surface area contributed by atoms with Crippen LogP contribution in [0.25, 0.3) is 0 Å². The van der Waals surface area contributed by atoms with E-state index in [0.717, 1.165) is 29.4 Å². The van der Waals surface area contributed by atoms with Gasteiger partial charge in [-0.3, -0.25) is 23.7 Å². The summed E-state index contributed by atoms with van der Waals surface area (Å²) >= 11 is 0. The second-order valence-corrected chi connectivity index (χ2v) is 6.13. The van der Waals surface area contributed by atoms with E-state index in [1.54, 1.807) is 24.3 Å². The van der Waals surface area contributed by atoms with Crippen molar-refractivity contribution in [3.8, 4) is 0 Å². The average molecular weight is 344 g/mol. The van der Waals surface area contributed by atoms with Gasteiger partial charge in [-0.25, -0.2) is 4.79 Å². The molecule has 0 fully saturated rings. The van der Waals surface area contributed by atoms with Crippen molar-refractivity contribution in [3.63, 3.8) is 0 Å². The van der Waals surface area contributed by atoms with E-state index in [4.69, 9.17) is 0 Å². The van der Waals surface area contributed by atoms with Crippen molar-refractivity contribution in [2.24, 2.45) is 14.1 Å². The SMILES string of the molecule is CCCC[C@@H](c1cccnc1)N(C)C(=O)c1cc(=O)n(C)c(=O)n1C. The third-order valence-corrected chi connectivity index (χ3v) is 4.43. The van der Waals surface area contributed by atoms with Gasteiger partial charge in [0.2, 0.25) is 0 Å². The molecule has 0 radical (unpaired) electrons. The highest BCUT2D eigenvalue weighted by Crippen LogP contribution is 2.25. The summed E-state index contributed by atoms with van der Waals surface area (Å²) in [5.41, 5.74) is 0.00342. The first-order chi connectivity index (χ1) is 11.9. The standard InChI is InChI=1S/C18H24N4O3/c1-5-6-9-14(13-8-7-10-19-12-13)20(2)17(24)15-11-16(23)22(4)18(25)21(15)3/h7-8,10-12,14H,5-6,9H2,1-4H3/t14-/m0/s1. The van der Waals surface area contributed by atoms with Gasteiger partial charge in [0, 0.05) is 39.6 Å². The van der Waals surface area contributed by atoms with E-state index in [9.17, 15) is 14.4 Å². The molecular formula is C18H24N4O3. The molecule has 7 heteroatoms. The molecule has 0 saturated carbocycles. The molecule has 2 aromatic rings. The van der Waals surface area contributed by atoms with Gasteiger partial charge in [0.25, 0.3) is 11.5 Å². The summed E-state index contributed by atoms with van der Waals surface area (Å²) in [6.45, 7) is 2.09. The lowest BCUT2D eigenvalue weighted by Crippen LogP contribution is -2.42. The number of hydrogen-bond acceptors (Lipinski definition) is 4. The Bertz CT molecular complexity index is 855. The number of carbonyl (C=O) groups excluding carboxylic acids is 1. The first kappa shape index (κ1) is 18.6. The van der Waals surface area contributed by atoms with Gasteiger partial charge in [-0.15, -0.1) is 0 Å². The van der Waals surface area contributed by atoms with Gasteiger partial charge < -0.3 is 4.90 Å². The zero-order chi connectivity index (χ0) is 18.6. The largest absolute Gasteiger partial charge is 0.333 e. The van der Waals surface area contributed by atoms with Crippen LogP contribution in [0.4, 0.5) is 0 Å². The Morgan fingerprint density at radius 2 is 2.00 bits per heavy atom. The molecule has 1 amide bonds. The third-order valence-electron chi connectivity index (χ3n) is 4.43. The van der Waals surface area contributed by atoms with Crippen LogP contribution in [-0.4, -0.2) is 32.0 Å². The van der Waals surface area contributed by atoms with Crippen LogP contribution in [0.15, 0.2) is 40.2 Å². The van der Waals surface area contributed by atoms with Crippen LogP contribution in [0.2, 0.25) is 0 Å². The fraction of sp³-hybridized carbons (Fsp3) is 0.444. The lowest BCUT2D eigenvalue weighted by Gasteiger charge is -2.29. The monoisotopic (exact) mass is 344 g/mol. The maximum Gasteiger partial charge on any atom is 0.331 e. The zero-order valence-corrected chi connectivity index (χ0v) is 15.1. The first-order valence-electron chi connectivity index (χ1n) is 8.32. The highest BCUT2D eigenvalue weighted by atomic mass is 16.2. The van der Waals surface area contributed by atoms with Crippen molar-refractivity contribution in [1.29, 1.82) is 0 Å². The number of nitrogens with zero attached hydrogens (tertiary/aromatic N) is 4. The van der Waals surface area contributed by atoms with E-state index in [1.165, 1.54) is 24.7 Å². The molecule has 0 aliphatic heterocycles. The van der Waals surface area contributed by atoms with Gasteiger partial charge in [0.1, 0.15) is 5.69 Å². The summed E-state index contributed by atoms with van der Waals surface area (Å²) in [7, 11) is 4.58. The van der Waals surface area contributed by atoms with Crippen molar-refractivity contribution in [1.82, 2.24) is 19.0 Å². The topological polar surface area (TPSA) is 77.2 Å². The van der Waals surface area contributed by atoms with Gasteiger partial charge in [0.05, 0.1) is 6.04 Å². The summed E-state index contributed by atoms with van der Waals surface area (Å²) in [4.78, 5) is 42.7. The third kappa shape index (κ3) is 3.87. The molecule has 0 bridgehead atoms. The van der Waals surface area contributed by atoms with Gasteiger partial charge in [-0.05, 0) is 18.1 Å². The van der Waals surface area contributed by atoms with Crippen molar-refractivity contribution < 1.29 is 4.79 Å². The fourth-order valence-electron chi connectivity index (χ4n) is 2.81. The maximum atomic E-state index is 13.0. The average Bonchev–Trinajstić information content (AvgIpc) is 2.63. The number of aromatic nitrogens is 3. The van der Waals surface area contributed by atoms with Crippen LogP contribution in [-0.2, 0) is 14.1 Å². The van der Waals surface area contributed by atoms with Crippen molar-refractivity contribution >= 4 is 5.91 Å². The maximum absolute atomic E-state index is 13.0. The molecule has 134 valence electrons. The molecule has 0 aliphatic rings. The van der Waals surface area contributed by atoms with Crippen molar-refractivity contribution in [2.45, 2.75) is 32.2 Å². The van der Waals surface area contributed by atoms with Crippen LogP contribution < -0.4 is 11.2 Å². The zero-order valence-electron chi connectivity index (χ0n) is 15.1. The fourth-order valence-corrected chi connectivity index (χ4v) is 2.81. The van der Waals surface area contributed by atoms with E-state index in [2.05, 4.69) is 11.9 Å². The summed E-state index contributed by atoms with van der Waals surface area (Å²) in [5, 5.41) is 0. The second kappa shape index (κ2) is 7.92. The Kier molecular flexibility index (Phi) is 5.90. The Morgan fingerprint density at radius 1 is 1.28 bits per heavy atom. The second-order valence-electron chi connectivity index (χ2n) is 6.13. The predicted octanol–water partition coefficient (Wildman–Crippen LogP) is 1.48. The molecule has 2 rings (SSSR count). The van der Waals surface area contributed by atoms with Gasteiger partial charge >= 0.3 is 5.69 Å². The summed E-state index contributed by atoms with van der Waals surface area (Å²) in [6, 6.07) is 4.81. The Labute approximate surface area is 146 Å². The van der Waals surface area contributed by atoms with Crippen molar-refractivity contribution in [3.05, 3.63) is 62.7 Å².